The van der Waals surface area contributed by atoms with Crippen LogP contribution in [-0.4, -0.2) is 27.9 Å². The van der Waals surface area contributed by atoms with E-state index < -0.39 is 0 Å². The van der Waals surface area contributed by atoms with E-state index in [2.05, 4.69) is 15.4 Å². The standard InChI is InChI=1S/C8H12Cl2N4/c1-14-6-12-8(13-14)2-3-11-5-7(10)4-9/h4,6,11H,2-3,5H2,1H3. The number of halogens is 2. The first-order valence-electron chi connectivity index (χ1n) is 4.22. The molecular weight excluding hydrogens is 223 g/mol. The van der Waals surface area contributed by atoms with E-state index >= 15 is 0 Å². The predicted octanol–water partition coefficient (Wildman–Crippen LogP) is 1.27. The molecule has 0 fully saturated rings. The third-order valence-corrected chi connectivity index (χ3v) is 2.20. The molecule has 0 saturated heterocycles. The zero-order valence-corrected chi connectivity index (χ0v) is 9.39. The van der Waals surface area contributed by atoms with E-state index in [1.807, 2.05) is 7.05 Å². The molecule has 1 N–H and O–H groups in total. The van der Waals surface area contributed by atoms with Gasteiger partial charge in [-0.15, -0.1) is 0 Å². The summed E-state index contributed by atoms with van der Waals surface area (Å²) in [6, 6.07) is 0. The summed E-state index contributed by atoms with van der Waals surface area (Å²) in [5.41, 5.74) is 1.35. The van der Waals surface area contributed by atoms with Crippen LogP contribution in [0.5, 0.6) is 0 Å². The zero-order valence-electron chi connectivity index (χ0n) is 7.87. The SMILES string of the molecule is Cn1cnc(CCNCC(Cl)=CCl)n1. The second kappa shape index (κ2) is 6.01. The summed E-state index contributed by atoms with van der Waals surface area (Å²) in [5, 5.41) is 7.86. The van der Waals surface area contributed by atoms with Crippen LogP contribution >= 0.6 is 23.2 Å². The molecule has 14 heavy (non-hydrogen) atoms. The van der Waals surface area contributed by atoms with Crippen molar-refractivity contribution in [2.45, 2.75) is 6.42 Å². The Hall–Kier alpha value is -0.580. The quantitative estimate of drug-likeness (QED) is 0.781. The lowest BCUT2D eigenvalue weighted by Gasteiger charge is -2.00. The number of hydrogen-bond acceptors (Lipinski definition) is 3. The monoisotopic (exact) mass is 234 g/mol. The van der Waals surface area contributed by atoms with Crippen LogP contribution in [0.25, 0.3) is 0 Å². The molecule has 1 heterocycles. The molecule has 0 amide bonds. The van der Waals surface area contributed by atoms with Gasteiger partial charge < -0.3 is 5.32 Å². The molecule has 0 radical (unpaired) electrons. The molecule has 6 heteroatoms. The van der Waals surface area contributed by atoms with Gasteiger partial charge in [0.2, 0.25) is 0 Å². The molecule has 1 aromatic rings. The van der Waals surface area contributed by atoms with E-state index in [-0.39, 0.29) is 0 Å². The molecule has 0 unspecified atom stereocenters. The average Bonchev–Trinajstić information content (AvgIpc) is 2.58. The third kappa shape index (κ3) is 4.09. The molecule has 0 aromatic carbocycles. The van der Waals surface area contributed by atoms with Gasteiger partial charge in [-0.1, -0.05) is 23.2 Å². The number of aryl methyl sites for hydroxylation is 1. The highest BCUT2D eigenvalue weighted by Gasteiger charge is 1.98. The first-order chi connectivity index (χ1) is 6.72. The number of hydrogen-bond donors (Lipinski definition) is 1. The Balaban J connectivity index is 2.16. The summed E-state index contributed by atoms with van der Waals surface area (Å²) in [5.74, 6) is 0.825. The van der Waals surface area contributed by atoms with Crippen molar-refractivity contribution in [3.8, 4) is 0 Å². The van der Waals surface area contributed by atoms with Gasteiger partial charge in [-0.3, -0.25) is 4.68 Å². The molecule has 0 saturated carbocycles. The van der Waals surface area contributed by atoms with Crippen molar-refractivity contribution in [2.24, 2.45) is 7.05 Å². The lowest BCUT2D eigenvalue weighted by atomic mass is 10.4. The van der Waals surface area contributed by atoms with Gasteiger partial charge in [0, 0.05) is 37.1 Å². The third-order valence-electron chi connectivity index (χ3n) is 1.58. The summed E-state index contributed by atoms with van der Waals surface area (Å²) in [7, 11) is 1.84. The van der Waals surface area contributed by atoms with Crippen molar-refractivity contribution in [1.29, 1.82) is 0 Å². The Bertz CT molecular complexity index is 308. The van der Waals surface area contributed by atoms with Crippen LogP contribution in [0, 0.1) is 0 Å². The Labute approximate surface area is 92.9 Å². The molecule has 0 aliphatic rings. The van der Waals surface area contributed by atoms with Gasteiger partial charge in [0.05, 0.1) is 0 Å². The normalized spacial score (nSPS) is 12.1. The van der Waals surface area contributed by atoms with Gasteiger partial charge in [0.1, 0.15) is 6.33 Å². The minimum Gasteiger partial charge on any atom is -0.311 e. The van der Waals surface area contributed by atoms with Crippen molar-refractivity contribution >= 4 is 23.2 Å². The molecule has 0 spiro atoms. The van der Waals surface area contributed by atoms with Crippen LogP contribution < -0.4 is 5.32 Å². The zero-order chi connectivity index (χ0) is 10.4. The Morgan fingerprint density at radius 3 is 3.07 bits per heavy atom. The average molecular weight is 235 g/mol. The van der Waals surface area contributed by atoms with E-state index in [1.165, 1.54) is 5.54 Å². The van der Waals surface area contributed by atoms with Crippen LogP contribution in [0.1, 0.15) is 5.82 Å². The largest absolute Gasteiger partial charge is 0.311 e. The van der Waals surface area contributed by atoms with E-state index in [0.717, 1.165) is 18.8 Å². The second-order valence-electron chi connectivity index (χ2n) is 2.82. The van der Waals surface area contributed by atoms with Crippen molar-refractivity contribution < 1.29 is 0 Å². The molecule has 0 aliphatic carbocycles. The van der Waals surface area contributed by atoms with E-state index in [1.54, 1.807) is 11.0 Å². The van der Waals surface area contributed by atoms with Gasteiger partial charge in [-0.2, -0.15) is 5.10 Å². The van der Waals surface area contributed by atoms with Crippen LogP contribution in [0.15, 0.2) is 16.9 Å². The summed E-state index contributed by atoms with van der Waals surface area (Å²) in [4.78, 5) is 4.09. The van der Waals surface area contributed by atoms with E-state index in [9.17, 15) is 0 Å². The highest BCUT2D eigenvalue weighted by Crippen LogP contribution is 2.00. The highest BCUT2D eigenvalue weighted by atomic mass is 35.5. The Morgan fingerprint density at radius 1 is 1.71 bits per heavy atom. The fraction of sp³-hybridized carbons (Fsp3) is 0.500. The molecule has 78 valence electrons. The number of aromatic nitrogens is 3. The van der Waals surface area contributed by atoms with Crippen LogP contribution in [0.4, 0.5) is 0 Å². The topological polar surface area (TPSA) is 42.7 Å². The maximum Gasteiger partial charge on any atom is 0.151 e. The molecule has 1 rings (SSSR count). The number of rotatable bonds is 5. The maximum atomic E-state index is 5.68. The summed E-state index contributed by atoms with van der Waals surface area (Å²) in [6.45, 7) is 1.36. The van der Waals surface area contributed by atoms with Gasteiger partial charge >= 0.3 is 0 Å². The fourth-order valence-electron chi connectivity index (χ4n) is 0.945. The lowest BCUT2D eigenvalue weighted by molar-refractivity contribution is 0.694. The minimum absolute atomic E-state index is 0.581. The predicted molar refractivity (Wildman–Crippen MR) is 57.4 cm³/mol. The molecule has 1 aromatic heterocycles. The number of nitrogens with zero attached hydrogens (tertiary/aromatic N) is 3. The van der Waals surface area contributed by atoms with Crippen molar-refractivity contribution in [1.82, 2.24) is 20.1 Å². The minimum atomic E-state index is 0.581. The van der Waals surface area contributed by atoms with Gasteiger partial charge in [0.25, 0.3) is 0 Å². The van der Waals surface area contributed by atoms with Gasteiger partial charge in [-0.25, -0.2) is 4.98 Å². The second-order valence-corrected chi connectivity index (χ2v) is 3.52. The fourth-order valence-corrected chi connectivity index (χ4v) is 1.12. The van der Waals surface area contributed by atoms with Crippen LogP contribution in [-0.2, 0) is 13.5 Å². The molecule has 0 bridgehead atoms. The lowest BCUT2D eigenvalue weighted by Crippen LogP contribution is -2.19. The van der Waals surface area contributed by atoms with Crippen molar-refractivity contribution in [3.63, 3.8) is 0 Å². The van der Waals surface area contributed by atoms with E-state index in [4.69, 9.17) is 23.2 Å². The van der Waals surface area contributed by atoms with Crippen LogP contribution in [0.3, 0.4) is 0 Å². The Morgan fingerprint density at radius 2 is 2.50 bits per heavy atom. The Kier molecular flexibility index (Phi) is 4.93. The van der Waals surface area contributed by atoms with Gasteiger partial charge in [-0.05, 0) is 0 Å². The molecule has 0 atom stereocenters. The summed E-state index contributed by atoms with van der Waals surface area (Å²) >= 11 is 11.1. The van der Waals surface area contributed by atoms with Crippen molar-refractivity contribution in [3.05, 3.63) is 22.7 Å². The molecule has 4 nitrogen and oxygen atoms in total. The first-order valence-corrected chi connectivity index (χ1v) is 5.04. The number of nitrogens with one attached hydrogen (secondary N) is 1. The summed E-state index contributed by atoms with van der Waals surface area (Å²) in [6.07, 6.45) is 2.47. The smallest absolute Gasteiger partial charge is 0.151 e. The van der Waals surface area contributed by atoms with Crippen LogP contribution in [0.2, 0.25) is 0 Å². The maximum absolute atomic E-state index is 5.68. The summed E-state index contributed by atoms with van der Waals surface area (Å²) < 4.78 is 1.68. The van der Waals surface area contributed by atoms with E-state index in [0.29, 0.717) is 11.6 Å². The molecule has 0 aliphatic heterocycles. The highest BCUT2D eigenvalue weighted by molar-refractivity contribution is 6.36. The van der Waals surface area contributed by atoms with Gasteiger partial charge in [0.15, 0.2) is 5.82 Å². The molecular formula is C8H12Cl2N4. The first kappa shape index (κ1) is 11.5. The van der Waals surface area contributed by atoms with Crippen molar-refractivity contribution in [2.75, 3.05) is 13.1 Å².